The van der Waals surface area contributed by atoms with E-state index in [1.807, 2.05) is 54.6 Å². The van der Waals surface area contributed by atoms with E-state index in [2.05, 4.69) is 0 Å². The van der Waals surface area contributed by atoms with Crippen molar-refractivity contribution in [3.05, 3.63) is 150 Å². The highest BCUT2D eigenvalue weighted by atomic mass is 32.2. The lowest BCUT2D eigenvalue weighted by Crippen LogP contribution is -2.52. The van der Waals surface area contributed by atoms with Crippen LogP contribution in [0.1, 0.15) is 44.7 Å². The van der Waals surface area contributed by atoms with Gasteiger partial charge in [-0.25, -0.2) is 18.0 Å². The minimum Gasteiger partial charge on any atom is -0.467 e. The van der Waals surface area contributed by atoms with Gasteiger partial charge in [0.15, 0.2) is 0 Å². The van der Waals surface area contributed by atoms with E-state index in [4.69, 9.17) is 9.47 Å². The average Bonchev–Trinajstić information content (AvgIpc) is 3.71. The Kier molecular flexibility index (Phi) is 12.1. The maximum atomic E-state index is 14.6. The molecule has 290 valence electrons. The number of ether oxygens (including phenoxy) is 2. The molecule has 1 aliphatic rings. The van der Waals surface area contributed by atoms with Crippen molar-refractivity contribution in [1.29, 1.82) is 0 Å². The molecule has 1 amide bonds. The van der Waals surface area contributed by atoms with Gasteiger partial charge in [-0.15, -0.1) is 0 Å². The van der Waals surface area contributed by atoms with Gasteiger partial charge in [-0.05, 0) is 77.1 Å². The predicted octanol–water partition coefficient (Wildman–Crippen LogP) is 7.91. The van der Waals surface area contributed by atoms with Gasteiger partial charge < -0.3 is 14.4 Å². The first-order valence-corrected chi connectivity index (χ1v) is 19.3. The quantitative estimate of drug-likeness (QED) is 0.118. The summed E-state index contributed by atoms with van der Waals surface area (Å²) in [7, 11) is -1.92. The van der Waals surface area contributed by atoms with Crippen LogP contribution in [0.5, 0.6) is 0 Å². The highest BCUT2D eigenvalue weighted by Crippen LogP contribution is 2.33. The number of alkyl halides is 3. The Balaban J connectivity index is 1.35. The van der Waals surface area contributed by atoms with Crippen molar-refractivity contribution in [1.82, 2.24) is 9.21 Å². The zero-order chi connectivity index (χ0) is 40.0. The van der Waals surface area contributed by atoms with Gasteiger partial charge >= 0.3 is 18.1 Å². The van der Waals surface area contributed by atoms with Crippen LogP contribution in [-0.2, 0) is 36.9 Å². The highest BCUT2D eigenvalue weighted by molar-refractivity contribution is 7.89. The smallest absolute Gasteiger partial charge is 0.416 e. The van der Waals surface area contributed by atoms with Crippen LogP contribution < -0.4 is 0 Å². The summed E-state index contributed by atoms with van der Waals surface area (Å²) < 4.78 is 79.3. The molecule has 0 saturated carbocycles. The second-order valence-electron chi connectivity index (χ2n) is 13.3. The first-order chi connectivity index (χ1) is 26.8. The number of carbonyl (C=O) groups is 3. The normalized spacial score (nSPS) is 15.2. The average molecular weight is 785 g/mol. The van der Waals surface area contributed by atoms with Gasteiger partial charge in [0.1, 0.15) is 6.04 Å². The molecule has 0 spiro atoms. The van der Waals surface area contributed by atoms with Gasteiger partial charge in [0.2, 0.25) is 10.0 Å². The zero-order valence-corrected chi connectivity index (χ0v) is 31.4. The monoisotopic (exact) mass is 784 g/mol. The van der Waals surface area contributed by atoms with Gasteiger partial charge in [-0.2, -0.15) is 17.5 Å². The molecule has 1 aliphatic heterocycles. The predicted molar refractivity (Wildman–Crippen MR) is 204 cm³/mol. The molecule has 9 nitrogen and oxygen atoms in total. The largest absolute Gasteiger partial charge is 0.467 e. The number of halogens is 3. The van der Waals surface area contributed by atoms with Crippen LogP contribution in [0.2, 0.25) is 0 Å². The molecule has 1 unspecified atom stereocenters. The van der Waals surface area contributed by atoms with Crippen molar-refractivity contribution in [3.63, 3.8) is 0 Å². The number of nitrogens with zero attached hydrogens (tertiary/aromatic N) is 2. The van der Waals surface area contributed by atoms with E-state index in [0.29, 0.717) is 24.0 Å². The van der Waals surface area contributed by atoms with Crippen LogP contribution in [0.15, 0.2) is 132 Å². The summed E-state index contributed by atoms with van der Waals surface area (Å²) in [6, 6.07) is 31.9. The maximum Gasteiger partial charge on any atom is 0.416 e. The number of hydrogen-bond donors (Lipinski definition) is 0. The van der Waals surface area contributed by atoms with E-state index in [1.54, 1.807) is 12.1 Å². The summed E-state index contributed by atoms with van der Waals surface area (Å²) in [5.41, 5.74) is 2.97. The Morgan fingerprint density at radius 3 is 1.89 bits per heavy atom. The summed E-state index contributed by atoms with van der Waals surface area (Å²) in [6.45, 7) is -0.0861. The Morgan fingerprint density at radius 1 is 0.750 bits per heavy atom. The molecule has 1 fully saturated rings. The van der Waals surface area contributed by atoms with E-state index in [-0.39, 0.29) is 35.5 Å². The van der Waals surface area contributed by atoms with E-state index < -0.39 is 51.7 Å². The van der Waals surface area contributed by atoms with Gasteiger partial charge in [0.25, 0.3) is 5.91 Å². The van der Waals surface area contributed by atoms with Gasteiger partial charge in [-0.3, -0.25) is 4.79 Å². The molecule has 56 heavy (non-hydrogen) atoms. The minimum atomic E-state index is -4.49. The van der Waals surface area contributed by atoms with Crippen LogP contribution in [0.3, 0.4) is 0 Å². The Morgan fingerprint density at radius 2 is 1.30 bits per heavy atom. The number of amides is 1. The fourth-order valence-electron chi connectivity index (χ4n) is 6.95. The summed E-state index contributed by atoms with van der Waals surface area (Å²) in [4.78, 5) is 41.9. The van der Waals surface area contributed by atoms with Crippen LogP contribution in [0, 0.1) is 0 Å². The van der Waals surface area contributed by atoms with Crippen molar-refractivity contribution < 1.29 is 45.4 Å². The molecule has 5 aromatic rings. The molecule has 0 bridgehead atoms. The number of hydrogen-bond acceptors (Lipinski definition) is 7. The molecule has 1 heterocycles. The lowest BCUT2D eigenvalue weighted by atomic mass is 9.98. The number of carbonyl (C=O) groups excluding carboxylic acids is 3. The SMILES string of the molecule is COC(=O)c1ccccc1S(=O)(=O)N1CCC[C@@H]1CN(C(=O)c1ccc(-c2ccc(C(F)(F)F)cc2)cc1)C(Cc1ccc(-c2ccccc2)cc1)C(=O)OC. The molecule has 0 N–H and O–H groups in total. The van der Waals surface area contributed by atoms with Crippen molar-refractivity contribution in [2.24, 2.45) is 0 Å². The zero-order valence-electron chi connectivity index (χ0n) is 30.6. The van der Waals surface area contributed by atoms with Crippen molar-refractivity contribution in [2.45, 2.75) is 42.4 Å². The lowest BCUT2D eigenvalue weighted by Gasteiger charge is -2.35. The van der Waals surface area contributed by atoms with Gasteiger partial charge in [0.05, 0.1) is 30.2 Å². The molecule has 13 heteroatoms. The molecular weight excluding hydrogens is 746 g/mol. The number of esters is 2. The third-order valence-corrected chi connectivity index (χ3v) is 11.9. The summed E-state index contributed by atoms with van der Waals surface area (Å²) >= 11 is 0. The highest BCUT2D eigenvalue weighted by Gasteiger charge is 2.41. The summed E-state index contributed by atoms with van der Waals surface area (Å²) in [5.74, 6) is -2.12. The van der Waals surface area contributed by atoms with E-state index in [9.17, 15) is 36.0 Å². The third kappa shape index (κ3) is 8.69. The Hall–Kier alpha value is -5.79. The number of sulfonamides is 1. The van der Waals surface area contributed by atoms with Gasteiger partial charge in [0, 0.05) is 31.1 Å². The fourth-order valence-corrected chi connectivity index (χ4v) is 8.82. The molecule has 1 saturated heterocycles. The number of benzene rings is 5. The standard InChI is InChI=1S/C43H39F3N2O7S/c1-54-41(50)37-12-6-7-13-39(37)56(52,53)48-26-8-11-36(48)28-47(38(42(51)55-2)27-29-14-16-31(17-15-29)30-9-4-3-5-10-30)40(49)34-20-18-32(19-21-34)33-22-24-35(25-23-33)43(44,45)46/h3-7,9-10,12-25,36,38H,8,11,26-28H2,1-2H3/t36-,38?/m1/s1. The third-order valence-electron chi connectivity index (χ3n) is 9.89. The Bertz CT molecular complexity index is 2280. The summed E-state index contributed by atoms with van der Waals surface area (Å²) in [5, 5.41) is 0. The molecular formula is C43H39F3N2O7S. The molecule has 0 aromatic heterocycles. The number of methoxy groups -OCH3 is 2. The van der Waals surface area contributed by atoms with E-state index in [0.717, 1.165) is 35.9 Å². The molecule has 6 rings (SSSR count). The topological polar surface area (TPSA) is 110 Å². The van der Waals surface area contributed by atoms with Crippen LogP contribution >= 0.6 is 0 Å². The van der Waals surface area contributed by atoms with Gasteiger partial charge in [-0.1, -0.05) is 91.0 Å². The lowest BCUT2D eigenvalue weighted by molar-refractivity contribution is -0.146. The summed E-state index contributed by atoms with van der Waals surface area (Å²) in [6.07, 6.45) is -3.63. The number of rotatable bonds is 12. The second kappa shape index (κ2) is 16.9. The first-order valence-electron chi connectivity index (χ1n) is 17.8. The van der Waals surface area contributed by atoms with Crippen LogP contribution in [-0.4, -0.2) is 74.9 Å². The van der Waals surface area contributed by atoms with Crippen LogP contribution in [0.4, 0.5) is 13.2 Å². The van der Waals surface area contributed by atoms with Crippen molar-refractivity contribution in [3.8, 4) is 22.3 Å². The van der Waals surface area contributed by atoms with Crippen molar-refractivity contribution in [2.75, 3.05) is 27.3 Å². The first kappa shape index (κ1) is 39.9. The molecule has 0 aliphatic carbocycles. The fraction of sp³-hybridized carbons (Fsp3) is 0.233. The molecule has 5 aromatic carbocycles. The molecule has 0 radical (unpaired) electrons. The van der Waals surface area contributed by atoms with Crippen molar-refractivity contribution >= 4 is 27.9 Å². The maximum absolute atomic E-state index is 14.6. The van der Waals surface area contributed by atoms with E-state index in [1.165, 1.54) is 64.8 Å². The minimum absolute atomic E-state index is 0.0434. The Labute approximate surface area is 323 Å². The van der Waals surface area contributed by atoms with E-state index >= 15 is 0 Å². The second-order valence-corrected chi connectivity index (χ2v) is 15.2. The molecule has 2 atom stereocenters. The van der Waals surface area contributed by atoms with Crippen LogP contribution in [0.25, 0.3) is 22.3 Å².